The third-order valence-electron chi connectivity index (χ3n) is 5.13. The van der Waals surface area contributed by atoms with Crippen LogP contribution >= 0.6 is 23.2 Å². The number of aromatic nitrogens is 4. The van der Waals surface area contributed by atoms with Crippen LogP contribution in [0.1, 0.15) is 23.4 Å². The average Bonchev–Trinajstić information content (AvgIpc) is 3.31. The monoisotopic (exact) mass is 598 g/mol. The molecule has 1 heterocycles. The summed E-state index contributed by atoms with van der Waals surface area (Å²) in [6, 6.07) is 12.2. The zero-order valence-corrected chi connectivity index (χ0v) is 22.6. The van der Waals surface area contributed by atoms with E-state index < -0.39 is 52.6 Å². The lowest BCUT2D eigenvalue weighted by molar-refractivity contribution is -0.139. The maximum atomic E-state index is 12.8. The predicted molar refractivity (Wildman–Crippen MR) is 140 cm³/mol. The quantitative estimate of drug-likeness (QED) is 0.247. The Kier molecular flexibility index (Phi) is 10.7. The van der Waals surface area contributed by atoms with E-state index in [0.29, 0.717) is 15.6 Å². The summed E-state index contributed by atoms with van der Waals surface area (Å²) in [6.45, 7) is -0.889. The summed E-state index contributed by atoms with van der Waals surface area (Å²) >= 11 is 12.3. The lowest BCUT2D eigenvalue weighted by Crippen LogP contribution is -2.46. The molecule has 3 rings (SSSR count). The van der Waals surface area contributed by atoms with Crippen molar-refractivity contribution in [1.82, 2.24) is 30.2 Å². The fourth-order valence-electron chi connectivity index (χ4n) is 3.26. The maximum absolute atomic E-state index is 12.8. The molecule has 2 aromatic carbocycles. The van der Waals surface area contributed by atoms with Gasteiger partial charge in [0.15, 0.2) is 11.6 Å². The van der Waals surface area contributed by atoms with E-state index in [9.17, 15) is 27.9 Å². The van der Waals surface area contributed by atoms with Crippen molar-refractivity contribution in [2.75, 3.05) is 12.3 Å². The van der Waals surface area contributed by atoms with Crippen LogP contribution in [0.4, 0.5) is 4.79 Å². The molecule has 0 saturated heterocycles. The van der Waals surface area contributed by atoms with E-state index in [1.54, 1.807) is 42.5 Å². The highest BCUT2D eigenvalue weighted by molar-refractivity contribution is 7.89. The minimum atomic E-state index is -4.17. The van der Waals surface area contributed by atoms with Crippen LogP contribution in [0.2, 0.25) is 10.0 Å². The summed E-state index contributed by atoms with van der Waals surface area (Å²) in [7, 11) is -4.17. The van der Waals surface area contributed by atoms with Gasteiger partial charge in [0.2, 0.25) is 10.0 Å². The highest BCUT2D eigenvalue weighted by Gasteiger charge is 2.28. The molecule has 1 aromatic heterocycles. The van der Waals surface area contributed by atoms with Crippen LogP contribution < -0.4 is 10.0 Å². The second-order valence-corrected chi connectivity index (χ2v) is 10.8. The zero-order chi connectivity index (χ0) is 28.4. The summed E-state index contributed by atoms with van der Waals surface area (Å²) in [6.07, 6.45) is -1.53. The molecule has 1 unspecified atom stereocenters. The number of ether oxygens (including phenoxy) is 1. The number of carbonyl (C=O) groups is 3. The van der Waals surface area contributed by atoms with Crippen LogP contribution in [0, 0.1) is 0 Å². The fraction of sp³-hybridized carbons (Fsp3) is 0.304. The number of nitrogens with zero attached hydrogens (tertiary/aromatic N) is 4. The lowest BCUT2D eigenvalue weighted by Gasteiger charge is -2.16. The van der Waals surface area contributed by atoms with E-state index in [1.807, 2.05) is 6.07 Å². The molecular weight excluding hydrogens is 575 g/mol. The van der Waals surface area contributed by atoms with Gasteiger partial charge in [0.05, 0.1) is 18.2 Å². The Labute approximate surface area is 233 Å². The molecule has 1 amide bonds. The van der Waals surface area contributed by atoms with Gasteiger partial charge in [-0.3, -0.25) is 9.59 Å². The van der Waals surface area contributed by atoms with E-state index in [4.69, 9.17) is 27.9 Å². The molecule has 3 N–H and O–H groups in total. The molecule has 208 valence electrons. The number of halogens is 2. The number of hydrogen-bond donors (Lipinski definition) is 3. The first-order valence-electron chi connectivity index (χ1n) is 11.4. The van der Waals surface area contributed by atoms with Crippen molar-refractivity contribution >= 4 is 51.1 Å². The maximum Gasteiger partial charge on any atom is 0.407 e. The zero-order valence-electron chi connectivity index (χ0n) is 20.3. The number of nitrogens with one attached hydrogen (secondary N) is 2. The number of carboxylic acids is 1. The first-order valence-corrected chi connectivity index (χ1v) is 13.8. The Morgan fingerprint density at radius 1 is 1.05 bits per heavy atom. The van der Waals surface area contributed by atoms with E-state index in [-0.39, 0.29) is 25.4 Å². The van der Waals surface area contributed by atoms with E-state index >= 15 is 0 Å². The van der Waals surface area contributed by atoms with Gasteiger partial charge in [-0.2, -0.15) is 4.80 Å². The number of amides is 1. The van der Waals surface area contributed by atoms with Gasteiger partial charge in [-0.25, -0.2) is 17.9 Å². The van der Waals surface area contributed by atoms with E-state index in [2.05, 4.69) is 25.4 Å². The molecule has 0 aliphatic carbocycles. The van der Waals surface area contributed by atoms with Crippen molar-refractivity contribution in [3.63, 3.8) is 0 Å². The van der Waals surface area contributed by atoms with Crippen molar-refractivity contribution in [1.29, 1.82) is 0 Å². The van der Waals surface area contributed by atoms with Crippen LogP contribution in [0.25, 0.3) is 0 Å². The highest BCUT2D eigenvalue weighted by atomic mass is 35.5. The first-order chi connectivity index (χ1) is 18.5. The van der Waals surface area contributed by atoms with Crippen LogP contribution in [-0.2, 0) is 43.9 Å². The summed E-state index contributed by atoms with van der Waals surface area (Å²) < 4.78 is 32.0. The number of ketones is 1. The number of alkyl carbamates (subject to hydrolysis) is 1. The number of carboxylic acid groups (broad SMARTS) is 1. The Morgan fingerprint density at radius 2 is 1.74 bits per heavy atom. The summed E-state index contributed by atoms with van der Waals surface area (Å²) in [5.41, 5.74) is 1.30. The van der Waals surface area contributed by atoms with Crippen molar-refractivity contribution < 1.29 is 32.6 Å². The lowest BCUT2D eigenvalue weighted by atomic mass is 10.1. The van der Waals surface area contributed by atoms with E-state index in [1.165, 1.54) is 0 Å². The molecule has 3 aromatic rings. The smallest absolute Gasteiger partial charge is 0.407 e. The van der Waals surface area contributed by atoms with E-state index in [0.717, 1.165) is 10.4 Å². The average molecular weight is 599 g/mol. The molecule has 0 fully saturated rings. The van der Waals surface area contributed by atoms with Crippen molar-refractivity contribution in [3.8, 4) is 0 Å². The van der Waals surface area contributed by atoms with Gasteiger partial charge in [0.1, 0.15) is 13.2 Å². The number of aliphatic carboxylic acids is 1. The molecule has 0 radical (unpaired) electrons. The highest BCUT2D eigenvalue weighted by Crippen LogP contribution is 2.25. The molecule has 13 nitrogen and oxygen atoms in total. The predicted octanol–water partition coefficient (Wildman–Crippen LogP) is 1.83. The van der Waals surface area contributed by atoms with Gasteiger partial charge >= 0.3 is 12.1 Å². The van der Waals surface area contributed by atoms with Gasteiger partial charge in [0.25, 0.3) is 0 Å². The van der Waals surface area contributed by atoms with Gasteiger partial charge in [-0.15, -0.1) is 10.2 Å². The molecule has 0 aliphatic heterocycles. The van der Waals surface area contributed by atoms with Gasteiger partial charge in [-0.05, 0) is 28.5 Å². The summed E-state index contributed by atoms with van der Waals surface area (Å²) in [5, 5.41) is 23.9. The van der Waals surface area contributed by atoms with Crippen molar-refractivity contribution in [2.24, 2.45) is 0 Å². The standard InChI is InChI=1S/C23H24Cl2N6O7S/c24-17-7-4-8-18(25)16(17)11-21-27-30-31(28-21)13-20(32)19(12-22(33)34)29-39(36,37)10-9-26-23(35)38-14-15-5-2-1-3-6-15/h1-8,19,29H,9-14H2,(H,26,35)(H,33,34). The third-order valence-corrected chi connectivity index (χ3v) is 7.22. The number of hydrogen-bond acceptors (Lipinski definition) is 9. The number of tetrazole rings is 1. The Balaban J connectivity index is 1.53. The van der Waals surface area contributed by atoms with Crippen molar-refractivity contribution in [2.45, 2.75) is 32.0 Å². The number of rotatable bonds is 14. The molecule has 0 bridgehead atoms. The molecule has 39 heavy (non-hydrogen) atoms. The topological polar surface area (TPSA) is 182 Å². The summed E-state index contributed by atoms with van der Waals surface area (Å²) in [4.78, 5) is 36.8. The largest absolute Gasteiger partial charge is 0.481 e. The Bertz CT molecular complexity index is 1400. The molecule has 1 atom stereocenters. The van der Waals surface area contributed by atoms with Crippen LogP contribution in [0.5, 0.6) is 0 Å². The molecular formula is C23H24Cl2N6O7S. The number of benzene rings is 2. The number of Topliss-reactive ketones (excluding diaryl/α,β-unsaturated/α-hetero) is 1. The number of carbonyl (C=O) groups excluding carboxylic acids is 2. The second-order valence-electron chi connectivity index (χ2n) is 8.16. The van der Waals surface area contributed by atoms with Crippen molar-refractivity contribution in [3.05, 3.63) is 75.5 Å². The first kappa shape index (κ1) is 30.0. The number of sulfonamides is 1. The second kappa shape index (κ2) is 14.0. The van der Waals surface area contributed by atoms with Gasteiger partial charge < -0.3 is 15.2 Å². The Hall–Kier alpha value is -3.59. The Morgan fingerprint density at radius 3 is 2.41 bits per heavy atom. The minimum absolute atomic E-state index is 0.00365. The summed E-state index contributed by atoms with van der Waals surface area (Å²) in [5.74, 6) is -2.64. The van der Waals surface area contributed by atoms with Gasteiger partial charge in [-0.1, -0.05) is 59.6 Å². The molecule has 16 heteroatoms. The normalized spacial score (nSPS) is 12.1. The van der Waals surface area contributed by atoms with Crippen LogP contribution in [0.3, 0.4) is 0 Å². The fourth-order valence-corrected chi connectivity index (χ4v) is 4.92. The SMILES string of the molecule is O=C(O)CC(NS(=O)(=O)CCNC(=O)OCc1ccccc1)C(=O)Cn1nnc(Cc2c(Cl)cccc2Cl)n1. The minimum Gasteiger partial charge on any atom is -0.481 e. The molecule has 0 saturated carbocycles. The van der Waals surface area contributed by atoms with Crippen LogP contribution in [0.15, 0.2) is 48.5 Å². The molecule has 0 aliphatic rings. The third kappa shape index (κ3) is 9.90. The van der Waals surface area contributed by atoms with Gasteiger partial charge in [0, 0.05) is 23.0 Å². The molecule has 0 spiro atoms. The van der Waals surface area contributed by atoms with Crippen LogP contribution in [-0.4, -0.2) is 69.9 Å².